The predicted octanol–water partition coefficient (Wildman–Crippen LogP) is 4.95. The molecule has 3 aromatic rings. The van der Waals surface area contributed by atoms with Crippen molar-refractivity contribution in [1.82, 2.24) is 14.6 Å². The number of ketones is 1. The molecule has 1 aliphatic carbocycles. The molecule has 7 heteroatoms. The van der Waals surface area contributed by atoms with Crippen LogP contribution in [0.2, 0.25) is 6.32 Å². The lowest BCUT2D eigenvalue weighted by Crippen LogP contribution is -2.33. The van der Waals surface area contributed by atoms with Crippen molar-refractivity contribution in [2.45, 2.75) is 64.2 Å². The molecule has 1 saturated heterocycles. The van der Waals surface area contributed by atoms with E-state index in [1.54, 1.807) is 6.20 Å². The van der Waals surface area contributed by atoms with Gasteiger partial charge in [0.15, 0.2) is 11.4 Å². The molecule has 0 bridgehead atoms. The Hall–Kier alpha value is -2.83. The Kier molecular flexibility index (Phi) is 6.88. The average molecular weight is 455 g/mol. The summed E-state index contributed by atoms with van der Waals surface area (Å²) in [6.45, 7) is 4.26. The molecular formula is C27H34BN5O. The highest BCUT2D eigenvalue weighted by atomic mass is 16.1. The van der Waals surface area contributed by atoms with Crippen molar-refractivity contribution in [3.8, 4) is 0 Å². The summed E-state index contributed by atoms with van der Waals surface area (Å²) in [5, 5.41) is 8.09. The number of benzene rings is 1. The number of fused-ring (bicyclic) bond motifs is 1. The zero-order valence-corrected chi connectivity index (χ0v) is 20.1. The maximum atomic E-state index is 13.2. The van der Waals surface area contributed by atoms with E-state index < -0.39 is 0 Å². The summed E-state index contributed by atoms with van der Waals surface area (Å²) in [7, 11) is 5.82. The molecule has 2 radical (unpaired) electrons. The van der Waals surface area contributed by atoms with Gasteiger partial charge in [0.1, 0.15) is 5.82 Å². The standard InChI is InChI=1S/C27H34BN5O/c1-2-3-22-17-26(33-25(30-22)10-13-29-33)31-23-7-4-21(16-23)27(34)20-5-8-24(9-6-20)32-14-11-19(18-28)12-15-32/h5-6,8-10,13,17,19,21,23,31H,2-4,7,11-12,14-16,18H2,1H3. The first-order valence-corrected chi connectivity index (χ1v) is 12.8. The van der Waals surface area contributed by atoms with Gasteiger partial charge >= 0.3 is 0 Å². The molecule has 176 valence electrons. The second-order valence-electron chi connectivity index (χ2n) is 9.91. The molecule has 3 heterocycles. The van der Waals surface area contributed by atoms with Gasteiger partial charge in [0, 0.05) is 54.1 Å². The molecule has 6 nitrogen and oxygen atoms in total. The molecule has 0 amide bonds. The van der Waals surface area contributed by atoms with Gasteiger partial charge in [0.25, 0.3) is 0 Å². The number of aromatic nitrogens is 3. The number of Topliss-reactive ketones (excluding diaryl/α,β-unsaturated/α-hetero) is 1. The molecule has 1 N–H and O–H groups in total. The number of anilines is 2. The number of nitrogens with one attached hydrogen (secondary N) is 1. The Bertz CT molecular complexity index is 1120. The lowest BCUT2D eigenvalue weighted by Gasteiger charge is -2.33. The van der Waals surface area contributed by atoms with E-state index in [1.165, 1.54) is 5.69 Å². The van der Waals surface area contributed by atoms with Gasteiger partial charge in [-0.25, -0.2) is 4.98 Å². The Morgan fingerprint density at radius 1 is 1.12 bits per heavy atom. The third-order valence-electron chi connectivity index (χ3n) is 7.54. The van der Waals surface area contributed by atoms with E-state index in [2.05, 4.69) is 45.4 Å². The fourth-order valence-corrected chi connectivity index (χ4v) is 5.51. The molecule has 5 rings (SSSR count). The molecule has 1 saturated carbocycles. The molecule has 34 heavy (non-hydrogen) atoms. The first-order valence-electron chi connectivity index (χ1n) is 12.8. The maximum absolute atomic E-state index is 13.2. The molecule has 2 aliphatic rings. The predicted molar refractivity (Wildman–Crippen MR) is 138 cm³/mol. The third kappa shape index (κ3) is 4.84. The van der Waals surface area contributed by atoms with Crippen molar-refractivity contribution in [3.63, 3.8) is 0 Å². The van der Waals surface area contributed by atoms with E-state index >= 15 is 0 Å². The highest BCUT2D eigenvalue weighted by Crippen LogP contribution is 2.32. The van der Waals surface area contributed by atoms with E-state index in [4.69, 9.17) is 7.85 Å². The summed E-state index contributed by atoms with van der Waals surface area (Å²) < 4.78 is 1.86. The molecule has 2 fully saturated rings. The number of hydrogen-bond donors (Lipinski definition) is 1. The summed E-state index contributed by atoms with van der Waals surface area (Å²) in [5.41, 5.74) is 3.99. The first kappa shape index (κ1) is 22.9. The van der Waals surface area contributed by atoms with Gasteiger partial charge < -0.3 is 10.2 Å². The number of hydrogen-bond acceptors (Lipinski definition) is 5. The van der Waals surface area contributed by atoms with Crippen molar-refractivity contribution in [2.75, 3.05) is 23.3 Å². The third-order valence-corrected chi connectivity index (χ3v) is 7.54. The van der Waals surface area contributed by atoms with E-state index in [-0.39, 0.29) is 17.7 Å². The van der Waals surface area contributed by atoms with Gasteiger partial charge in [-0.2, -0.15) is 9.61 Å². The smallest absolute Gasteiger partial charge is 0.166 e. The van der Waals surface area contributed by atoms with Gasteiger partial charge in [0.05, 0.1) is 14.0 Å². The molecule has 2 unspecified atom stereocenters. The summed E-state index contributed by atoms with van der Waals surface area (Å²) in [5.74, 6) is 1.95. The van der Waals surface area contributed by atoms with Crippen LogP contribution in [-0.2, 0) is 6.42 Å². The minimum absolute atomic E-state index is 0.0636. The Morgan fingerprint density at radius 3 is 2.65 bits per heavy atom. The largest absolute Gasteiger partial charge is 0.372 e. The number of rotatable bonds is 8. The minimum Gasteiger partial charge on any atom is -0.372 e. The highest BCUT2D eigenvalue weighted by molar-refractivity contribution is 6.08. The van der Waals surface area contributed by atoms with Gasteiger partial charge in [-0.15, -0.1) is 0 Å². The minimum atomic E-state index is 0.0636. The molecular weight excluding hydrogens is 421 g/mol. The Labute approximate surface area is 203 Å². The quantitative estimate of drug-likeness (QED) is 0.385. The van der Waals surface area contributed by atoms with E-state index in [0.29, 0.717) is 5.92 Å². The fourth-order valence-electron chi connectivity index (χ4n) is 5.51. The monoisotopic (exact) mass is 455 g/mol. The topological polar surface area (TPSA) is 62.5 Å². The summed E-state index contributed by atoms with van der Waals surface area (Å²) in [4.78, 5) is 20.3. The van der Waals surface area contributed by atoms with Gasteiger partial charge in [0.2, 0.25) is 0 Å². The fraction of sp³-hybridized carbons (Fsp3) is 0.519. The van der Waals surface area contributed by atoms with E-state index in [0.717, 1.165) is 87.1 Å². The van der Waals surface area contributed by atoms with Crippen LogP contribution in [0.4, 0.5) is 11.5 Å². The van der Waals surface area contributed by atoms with Crippen molar-refractivity contribution >= 4 is 30.8 Å². The van der Waals surface area contributed by atoms with Crippen LogP contribution in [-0.4, -0.2) is 47.4 Å². The van der Waals surface area contributed by atoms with Gasteiger partial charge in [-0.05, 0) is 68.7 Å². The first-order chi connectivity index (χ1) is 16.6. The Balaban J connectivity index is 1.21. The van der Waals surface area contributed by atoms with Crippen LogP contribution in [0.15, 0.2) is 42.6 Å². The number of piperidine rings is 1. The zero-order valence-electron chi connectivity index (χ0n) is 20.1. The second-order valence-corrected chi connectivity index (χ2v) is 9.91. The van der Waals surface area contributed by atoms with E-state index in [1.807, 2.05) is 22.7 Å². The van der Waals surface area contributed by atoms with Gasteiger partial charge in [-0.3, -0.25) is 4.79 Å². The van der Waals surface area contributed by atoms with E-state index in [9.17, 15) is 4.79 Å². The lowest BCUT2D eigenvalue weighted by molar-refractivity contribution is 0.0922. The van der Waals surface area contributed by atoms with Crippen LogP contribution >= 0.6 is 0 Å². The van der Waals surface area contributed by atoms with Crippen molar-refractivity contribution in [1.29, 1.82) is 0 Å². The number of carbonyl (C=O) groups excluding carboxylic acids is 1. The van der Waals surface area contributed by atoms with Crippen LogP contribution in [0.25, 0.3) is 5.65 Å². The SMILES string of the molecule is [B]CC1CCN(c2ccc(C(=O)C3CCC(Nc4cc(CCC)nc5ccnn45)C3)cc2)CC1. The van der Waals surface area contributed by atoms with Gasteiger partial charge in [-0.1, -0.05) is 19.7 Å². The molecule has 0 spiro atoms. The summed E-state index contributed by atoms with van der Waals surface area (Å²) >= 11 is 0. The Morgan fingerprint density at radius 2 is 1.91 bits per heavy atom. The normalized spacial score (nSPS) is 21.3. The molecule has 1 aliphatic heterocycles. The van der Waals surface area contributed by atoms with Crippen molar-refractivity contribution in [3.05, 3.63) is 53.9 Å². The van der Waals surface area contributed by atoms with Crippen LogP contribution < -0.4 is 10.2 Å². The number of nitrogens with zero attached hydrogens (tertiary/aromatic N) is 4. The number of aryl methyl sites for hydroxylation is 1. The lowest BCUT2D eigenvalue weighted by atomic mass is 9.84. The van der Waals surface area contributed by atoms with Crippen LogP contribution in [0.5, 0.6) is 0 Å². The average Bonchev–Trinajstić information content (AvgIpc) is 3.54. The molecule has 1 aromatic carbocycles. The number of carbonyl (C=O) groups is 1. The van der Waals surface area contributed by atoms with Crippen molar-refractivity contribution < 1.29 is 4.79 Å². The van der Waals surface area contributed by atoms with Crippen LogP contribution in [0, 0.1) is 11.8 Å². The second kappa shape index (κ2) is 10.2. The summed E-state index contributed by atoms with van der Waals surface area (Å²) in [6.07, 6.45) is 9.62. The summed E-state index contributed by atoms with van der Waals surface area (Å²) in [6, 6.07) is 12.6. The van der Waals surface area contributed by atoms with Crippen LogP contribution in [0.3, 0.4) is 0 Å². The van der Waals surface area contributed by atoms with Crippen molar-refractivity contribution in [2.24, 2.45) is 11.8 Å². The zero-order chi connectivity index (χ0) is 23.5. The highest BCUT2D eigenvalue weighted by Gasteiger charge is 2.31. The molecule has 2 atom stereocenters. The maximum Gasteiger partial charge on any atom is 0.166 e. The van der Waals surface area contributed by atoms with Crippen LogP contribution in [0.1, 0.15) is 61.5 Å². The molecule has 2 aromatic heterocycles.